The van der Waals surface area contributed by atoms with Crippen LogP contribution in [0.3, 0.4) is 0 Å². The van der Waals surface area contributed by atoms with Crippen molar-refractivity contribution in [1.29, 1.82) is 0 Å². The third kappa shape index (κ3) is 12.9. The Labute approximate surface area is 183 Å². The van der Waals surface area contributed by atoms with Crippen LogP contribution in [0.15, 0.2) is 29.3 Å². The molecule has 27 heavy (non-hydrogen) atoms. The van der Waals surface area contributed by atoms with Gasteiger partial charge in [0.05, 0.1) is 7.11 Å². The van der Waals surface area contributed by atoms with E-state index in [1.165, 1.54) is 37.8 Å². The molecule has 1 aromatic carbocycles. The predicted molar refractivity (Wildman–Crippen MR) is 128 cm³/mol. The largest absolute Gasteiger partial charge is 0.496 e. The summed E-state index contributed by atoms with van der Waals surface area (Å²) in [7, 11) is 5.99. The van der Waals surface area contributed by atoms with Crippen LogP contribution < -0.4 is 15.4 Å². The lowest BCUT2D eigenvalue weighted by atomic mass is 10.1. The molecule has 0 spiro atoms. The first-order chi connectivity index (χ1) is 12.7. The first kappa shape index (κ1) is 26.0. The smallest absolute Gasteiger partial charge is 0.191 e. The van der Waals surface area contributed by atoms with Crippen LogP contribution in [0.4, 0.5) is 0 Å². The minimum atomic E-state index is 0. The maximum absolute atomic E-state index is 5.41. The number of methoxy groups -OCH3 is 1. The van der Waals surface area contributed by atoms with Gasteiger partial charge in [0, 0.05) is 19.6 Å². The molecule has 0 radical (unpaired) electrons. The Hall–Kier alpha value is -1.02. The van der Waals surface area contributed by atoms with E-state index in [1.807, 2.05) is 12.1 Å². The molecule has 0 fully saturated rings. The molecule has 0 saturated heterocycles. The number of aliphatic imine (C=N–C) groups is 1. The summed E-state index contributed by atoms with van der Waals surface area (Å²) in [6.07, 6.45) is 7.26. The van der Waals surface area contributed by atoms with Crippen molar-refractivity contribution in [2.75, 3.05) is 47.4 Å². The molecular weight excluding hydrogens is 451 g/mol. The fraction of sp³-hybridized carbons (Fsp3) is 0.667. The zero-order valence-electron chi connectivity index (χ0n) is 17.6. The molecule has 0 aliphatic carbocycles. The molecule has 156 valence electrons. The molecule has 0 atom stereocenters. The molecule has 0 bridgehead atoms. The van der Waals surface area contributed by atoms with Gasteiger partial charge in [-0.3, -0.25) is 4.99 Å². The Balaban J connectivity index is 0.00000676. The number of guanidine groups is 1. The van der Waals surface area contributed by atoms with Crippen LogP contribution >= 0.6 is 24.0 Å². The van der Waals surface area contributed by atoms with Crippen molar-refractivity contribution in [3.05, 3.63) is 29.8 Å². The lowest BCUT2D eigenvalue weighted by molar-refractivity contribution is 0.390. The van der Waals surface area contributed by atoms with Gasteiger partial charge in [0.15, 0.2) is 5.96 Å². The normalized spacial score (nSPS) is 11.2. The fourth-order valence-electron chi connectivity index (χ4n) is 2.83. The van der Waals surface area contributed by atoms with Crippen molar-refractivity contribution >= 4 is 29.9 Å². The Bertz CT molecular complexity index is 509. The zero-order chi connectivity index (χ0) is 19.0. The van der Waals surface area contributed by atoms with Crippen LogP contribution in [0.1, 0.15) is 44.6 Å². The van der Waals surface area contributed by atoms with Crippen molar-refractivity contribution in [1.82, 2.24) is 15.5 Å². The summed E-state index contributed by atoms with van der Waals surface area (Å²) in [5.74, 6) is 1.86. The number of halogens is 1. The van der Waals surface area contributed by atoms with Gasteiger partial charge < -0.3 is 20.3 Å². The summed E-state index contributed by atoms with van der Waals surface area (Å²) in [6.45, 7) is 5.90. The number of nitrogens with one attached hydrogen (secondary N) is 2. The van der Waals surface area contributed by atoms with Crippen molar-refractivity contribution in [2.45, 2.75) is 45.4 Å². The fourth-order valence-corrected chi connectivity index (χ4v) is 2.83. The molecule has 0 aromatic heterocycles. The van der Waals surface area contributed by atoms with Gasteiger partial charge in [-0.15, -0.1) is 24.0 Å². The third-order valence-electron chi connectivity index (χ3n) is 4.26. The van der Waals surface area contributed by atoms with Crippen molar-refractivity contribution < 1.29 is 4.74 Å². The molecule has 2 N–H and O–H groups in total. The second-order valence-corrected chi connectivity index (χ2v) is 6.82. The Kier molecular flexibility index (Phi) is 16.5. The first-order valence-corrected chi connectivity index (χ1v) is 9.96. The summed E-state index contributed by atoms with van der Waals surface area (Å²) in [5.41, 5.74) is 1.22. The van der Waals surface area contributed by atoms with Crippen LogP contribution in [0.5, 0.6) is 5.75 Å². The number of para-hydroxylation sites is 1. The van der Waals surface area contributed by atoms with Crippen LogP contribution in [0.25, 0.3) is 0 Å². The van der Waals surface area contributed by atoms with Crippen LogP contribution in [0, 0.1) is 0 Å². The summed E-state index contributed by atoms with van der Waals surface area (Å²) < 4.78 is 5.41. The van der Waals surface area contributed by atoms with Crippen LogP contribution in [-0.2, 0) is 6.42 Å². The Morgan fingerprint density at radius 2 is 1.74 bits per heavy atom. The maximum Gasteiger partial charge on any atom is 0.191 e. The molecule has 0 aliphatic rings. The highest BCUT2D eigenvalue weighted by Crippen LogP contribution is 2.17. The van der Waals surface area contributed by atoms with Crippen molar-refractivity contribution in [3.8, 4) is 5.75 Å². The number of hydrogen-bond donors (Lipinski definition) is 2. The van der Waals surface area contributed by atoms with Crippen molar-refractivity contribution in [2.24, 2.45) is 4.99 Å². The molecule has 6 heteroatoms. The Morgan fingerprint density at radius 1 is 1.04 bits per heavy atom. The van der Waals surface area contributed by atoms with Crippen molar-refractivity contribution in [3.63, 3.8) is 0 Å². The summed E-state index contributed by atoms with van der Waals surface area (Å²) in [5, 5.41) is 6.75. The molecule has 1 rings (SSSR count). The van der Waals surface area contributed by atoms with E-state index < -0.39 is 0 Å². The minimum absolute atomic E-state index is 0. The molecule has 0 saturated carbocycles. The lowest BCUT2D eigenvalue weighted by Gasteiger charge is -2.12. The first-order valence-electron chi connectivity index (χ1n) is 9.96. The Morgan fingerprint density at radius 3 is 2.44 bits per heavy atom. The van der Waals surface area contributed by atoms with Crippen LogP contribution in [-0.4, -0.2) is 58.2 Å². The number of unbranched alkanes of at least 4 members (excludes halogenated alkanes) is 4. The van der Waals surface area contributed by atoms with Gasteiger partial charge in [-0.25, -0.2) is 0 Å². The van der Waals surface area contributed by atoms with Gasteiger partial charge in [-0.2, -0.15) is 0 Å². The van der Waals surface area contributed by atoms with E-state index in [2.05, 4.69) is 53.7 Å². The molecule has 0 aliphatic heterocycles. The highest BCUT2D eigenvalue weighted by atomic mass is 127. The third-order valence-corrected chi connectivity index (χ3v) is 4.26. The predicted octanol–water partition coefficient (Wildman–Crippen LogP) is 3.92. The molecule has 1 aromatic rings. The molecule has 0 unspecified atom stereocenters. The van der Waals surface area contributed by atoms with E-state index in [9.17, 15) is 0 Å². The molecule has 0 amide bonds. The second-order valence-electron chi connectivity index (χ2n) is 6.82. The average Bonchev–Trinajstić information content (AvgIpc) is 2.64. The van der Waals surface area contributed by atoms with Crippen LogP contribution in [0.2, 0.25) is 0 Å². The number of hydrogen-bond acceptors (Lipinski definition) is 3. The molecule has 0 heterocycles. The topological polar surface area (TPSA) is 48.9 Å². The van der Waals surface area contributed by atoms with Gasteiger partial charge in [0.25, 0.3) is 0 Å². The highest BCUT2D eigenvalue weighted by Gasteiger charge is 2.02. The molecular formula is C21H39IN4O. The van der Waals surface area contributed by atoms with E-state index >= 15 is 0 Å². The highest BCUT2D eigenvalue weighted by molar-refractivity contribution is 14.0. The van der Waals surface area contributed by atoms with Gasteiger partial charge in [-0.1, -0.05) is 37.5 Å². The monoisotopic (exact) mass is 490 g/mol. The van der Waals surface area contributed by atoms with E-state index in [-0.39, 0.29) is 24.0 Å². The minimum Gasteiger partial charge on any atom is -0.496 e. The number of benzene rings is 1. The summed E-state index contributed by atoms with van der Waals surface area (Å²) in [4.78, 5) is 6.94. The van der Waals surface area contributed by atoms with Gasteiger partial charge in [-0.05, 0) is 58.5 Å². The van der Waals surface area contributed by atoms with E-state index in [4.69, 9.17) is 4.74 Å². The van der Waals surface area contributed by atoms with Gasteiger partial charge in [0.1, 0.15) is 5.75 Å². The zero-order valence-corrected chi connectivity index (χ0v) is 19.9. The van der Waals surface area contributed by atoms with E-state index in [0.717, 1.165) is 44.2 Å². The summed E-state index contributed by atoms with van der Waals surface area (Å²) >= 11 is 0. The maximum atomic E-state index is 5.41. The number of nitrogens with zero attached hydrogens (tertiary/aromatic N) is 2. The number of rotatable bonds is 13. The van der Waals surface area contributed by atoms with Gasteiger partial charge >= 0.3 is 0 Å². The lowest BCUT2D eigenvalue weighted by Crippen LogP contribution is -2.38. The van der Waals surface area contributed by atoms with E-state index in [0.29, 0.717) is 0 Å². The number of ether oxygens (including phenoxy) is 1. The quantitative estimate of drug-likeness (QED) is 0.191. The van der Waals surface area contributed by atoms with Gasteiger partial charge in [0.2, 0.25) is 0 Å². The SMILES string of the molecule is CCNC(=NCCCCCCCN(C)C)NCCc1ccccc1OC.I. The van der Waals surface area contributed by atoms with E-state index in [1.54, 1.807) is 7.11 Å². The standard InChI is InChI=1S/C21H38N4O.HI/c1-5-22-21(23-16-11-7-6-8-12-18-25(2)3)24-17-15-19-13-9-10-14-20(19)26-4;/h9-10,13-14H,5-8,11-12,15-18H2,1-4H3,(H2,22,23,24);1H. The average molecular weight is 490 g/mol. The molecule has 5 nitrogen and oxygen atoms in total. The summed E-state index contributed by atoms with van der Waals surface area (Å²) in [6, 6.07) is 8.17. The second kappa shape index (κ2) is 17.1.